The second-order valence-electron chi connectivity index (χ2n) is 4.07. The lowest BCUT2D eigenvalue weighted by atomic mass is 10.1. The summed E-state index contributed by atoms with van der Waals surface area (Å²) in [6.45, 7) is 2.07. The van der Waals surface area contributed by atoms with Gasteiger partial charge in [0.1, 0.15) is 12.1 Å². The highest BCUT2D eigenvalue weighted by atomic mass is 35.5. The molecule has 6 nitrogen and oxygen atoms in total. The number of nitrogens with one attached hydrogen (secondary N) is 1. The van der Waals surface area contributed by atoms with Crippen LogP contribution in [-0.2, 0) is 0 Å². The summed E-state index contributed by atoms with van der Waals surface area (Å²) < 4.78 is 1.98. The Labute approximate surface area is 117 Å². The summed E-state index contributed by atoms with van der Waals surface area (Å²) in [4.78, 5) is 8.23. The van der Waals surface area contributed by atoms with Crippen molar-refractivity contribution in [2.24, 2.45) is 0 Å². The van der Waals surface area contributed by atoms with Crippen LogP contribution < -0.4 is 11.1 Å². The lowest BCUT2D eigenvalue weighted by molar-refractivity contribution is 0.349. The van der Waals surface area contributed by atoms with E-state index >= 15 is 0 Å². The van der Waals surface area contributed by atoms with Crippen molar-refractivity contribution in [3.05, 3.63) is 12.5 Å². The Morgan fingerprint density at radius 3 is 2.67 bits per heavy atom. The van der Waals surface area contributed by atoms with Gasteiger partial charge in [-0.15, -0.1) is 24.8 Å². The van der Waals surface area contributed by atoms with Gasteiger partial charge in [0.25, 0.3) is 0 Å². The van der Waals surface area contributed by atoms with E-state index in [1.54, 1.807) is 6.20 Å². The number of anilines is 1. The first-order valence-corrected chi connectivity index (χ1v) is 5.50. The first-order chi connectivity index (χ1) is 7.86. The number of nitrogen functional groups attached to an aromatic ring is 1. The molecule has 3 rings (SSSR count). The molecule has 1 aliphatic heterocycles. The van der Waals surface area contributed by atoms with Crippen LogP contribution in [0.25, 0.3) is 11.0 Å². The fraction of sp³-hybridized carbons (Fsp3) is 0.500. The van der Waals surface area contributed by atoms with Crippen molar-refractivity contribution < 1.29 is 0 Å². The molecule has 0 spiro atoms. The summed E-state index contributed by atoms with van der Waals surface area (Å²) in [7, 11) is 0. The third-order valence-corrected chi connectivity index (χ3v) is 3.08. The first kappa shape index (κ1) is 14.9. The van der Waals surface area contributed by atoms with Gasteiger partial charge < -0.3 is 11.1 Å². The fourth-order valence-corrected chi connectivity index (χ4v) is 2.20. The minimum atomic E-state index is 0. The summed E-state index contributed by atoms with van der Waals surface area (Å²) in [6, 6.07) is 0.424. The first-order valence-electron chi connectivity index (χ1n) is 5.50. The molecule has 0 aromatic carbocycles. The van der Waals surface area contributed by atoms with Crippen LogP contribution in [0.2, 0.25) is 0 Å². The van der Waals surface area contributed by atoms with E-state index in [0.29, 0.717) is 11.9 Å². The zero-order chi connectivity index (χ0) is 11.0. The smallest absolute Gasteiger partial charge is 0.163 e. The molecule has 1 fully saturated rings. The second-order valence-corrected chi connectivity index (χ2v) is 4.07. The molecule has 0 atom stereocenters. The maximum Gasteiger partial charge on any atom is 0.163 e. The number of nitrogens with zero attached hydrogens (tertiary/aromatic N) is 4. The zero-order valence-electron chi connectivity index (χ0n) is 9.74. The molecule has 0 unspecified atom stereocenters. The molecule has 3 heterocycles. The number of nitrogens with two attached hydrogens (primary N) is 1. The van der Waals surface area contributed by atoms with Crippen LogP contribution in [0.4, 0.5) is 5.82 Å². The number of aromatic nitrogens is 4. The van der Waals surface area contributed by atoms with Gasteiger partial charge in [-0.25, -0.2) is 14.6 Å². The van der Waals surface area contributed by atoms with Crippen molar-refractivity contribution in [3.63, 3.8) is 0 Å². The molecular weight excluding hydrogens is 275 g/mol. The third kappa shape index (κ3) is 2.50. The van der Waals surface area contributed by atoms with Crippen LogP contribution in [-0.4, -0.2) is 32.8 Å². The Morgan fingerprint density at radius 2 is 1.94 bits per heavy atom. The molecule has 0 aliphatic carbocycles. The van der Waals surface area contributed by atoms with Gasteiger partial charge in [0.2, 0.25) is 0 Å². The SMILES string of the molecule is Cl.Cl.Nc1ncnc2c1cnn2C1CCNCC1. The largest absolute Gasteiger partial charge is 0.383 e. The molecular formula is C10H16Cl2N6. The monoisotopic (exact) mass is 290 g/mol. The van der Waals surface area contributed by atoms with Crippen molar-refractivity contribution in [1.82, 2.24) is 25.1 Å². The average Bonchev–Trinajstić information content (AvgIpc) is 2.75. The maximum absolute atomic E-state index is 5.78. The van der Waals surface area contributed by atoms with E-state index in [4.69, 9.17) is 5.73 Å². The van der Waals surface area contributed by atoms with Crippen molar-refractivity contribution in [2.75, 3.05) is 18.8 Å². The molecule has 3 N–H and O–H groups in total. The van der Waals surface area contributed by atoms with Gasteiger partial charge in [0, 0.05) is 0 Å². The van der Waals surface area contributed by atoms with Crippen molar-refractivity contribution >= 4 is 41.7 Å². The Morgan fingerprint density at radius 1 is 1.22 bits per heavy atom. The minimum Gasteiger partial charge on any atom is -0.383 e. The normalized spacial score (nSPS) is 16.0. The summed E-state index contributed by atoms with van der Waals surface area (Å²) in [6.07, 6.45) is 5.42. The zero-order valence-corrected chi connectivity index (χ0v) is 11.4. The topological polar surface area (TPSA) is 81.7 Å². The Balaban J connectivity index is 0.000000810. The summed E-state index contributed by atoms with van der Waals surface area (Å²) in [5, 5.41) is 8.57. The van der Waals surface area contributed by atoms with E-state index in [2.05, 4.69) is 20.4 Å². The van der Waals surface area contributed by atoms with Crippen molar-refractivity contribution in [2.45, 2.75) is 18.9 Å². The molecule has 1 aliphatic rings. The van der Waals surface area contributed by atoms with Gasteiger partial charge in [-0.2, -0.15) is 5.10 Å². The predicted octanol–water partition coefficient (Wildman–Crippen LogP) is 1.18. The Bertz CT molecular complexity index is 508. The molecule has 2 aromatic rings. The van der Waals surface area contributed by atoms with Crippen LogP contribution in [0.15, 0.2) is 12.5 Å². The molecule has 0 amide bonds. The van der Waals surface area contributed by atoms with Crippen LogP contribution in [0.5, 0.6) is 0 Å². The third-order valence-electron chi connectivity index (χ3n) is 3.08. The van der Waals surface area contributed by atoms with E-state index in [-0.39, 0.29) is 24.8 Å². The van der Waals surface area contributed by atoms with Gasteiger partial charge in [0.15, 0.2) is 5.65 Å². The summed E-state index contributed by atoms with van der Waals surface area (Å²) in [5.74, 6) is 0.505. The van der Waals surface area contributed by atoms with Crippen LogP contribution in [0.3, 0.4) is 0 Å². The highest BCUT2D eigenvalue weighted by molar-refractivity contribution is 5.86. The van der Waals surface area contributed by atoms with Crippen LogP contribution in [0, 0.1) is 0 Å². The average molecular weight is 291 g/mol. The Kier molecular flexibility index (Phi) is 5.13. The molecule has 18 heavy (non-hydrogen) atoms. The van der Waals surface area contributed by atoms with Crippen molar-refractivity contribution in [1.29, 1.82) is 0 Å². The maximum atomic E-state index is 5.78. The lowest BCUT2D eigenvalue weighted by Crippen LogP contribution is -2.29. The summed E-state index contributed by atoms with van der Waals surface area (Å²) >= 11 is 0. The molecule has 0 bridgehead atoms. The van der Waals surface area contributed by atoms with Gasteiger partial charge in [-0.3, -0.25) is 0 Å². The molecule has 1 saturated heterocycles. The van der Waals surface area contributed by atoms with E-state index in [9.17, 15) is 0 Å². The number of fused-ring (bicyclic) bond motifs is 1. The fourth-order valence-electron chi connectivity index (χ4n) is 2.20. The van der Waals surface area contributed by atoms with Gasteiger partial charge in [-0.1, -0.05) is 0 Å². The van der Waals surface area contributed by atoms with Crippen LogP contribution >= 0.6 is 24.8 Å². The Hall–Kier alpha value is -1.11. The van der Waals surface area contributed by atoms with E-state index in [1.165, 1.54) is 6.33 Å². The standard InChI is InChI=1S/C10H14N6.2ClH/c11-9-8-5-15-16(10(8)14-6-13-9)7-1-3-12-4-2-7;;/h5-7,12H,1-4H2,(H2,11,13,14);2*1H. The number of hydrogen-bond donors (Lipinski definition) is 2. The lowest BCUT2D eigenvalue weighted by Gasteiger charge is -2.23. The van der Waals surface area contributed by atoms with E-state index in [0.717, 1.165) is 37.0 Å². The predicted molar refractivity (Wildman–Crippen MR) is 75.4 cm³/mol. The molecule has 0 saturated carbocycles. The number of halogens is 2. The molecule has 8 heteroatoms. The van der Waals surface area contributed by atoms with Gasteiger partial charge in [-0.05, 0) is 25.9 Å². The molecule has 100 valence electrons. The molecule has 2 aromatic heterocycles. The van der Waals surface area contributed by atoms with Crippen LogP contribution in [0.1, 0.15) is 18.9 Å². The highest BCUT2D eigenvalue weighted by Gasteiger charge is 2.18. The van der Waals surface area contributed by atoms with Crippen molar-refractivity contribution in [3.8, 4) is 0 Å². The van der Waals surface area contributed by atoms with Gasteiger partial charge in [0.05, 0.1) is 17.6 Å². The van der Waals surface area contributed by atoms with Gasteiger partial charge >= 0.3 is 0 Å². The number of hydrogen-bond acceptors (Lipinski definition) is 5. The minimum absolute atomic E-state index is 0. The van der Waals surface area contributed by atoms with E-state index < -0.39 is 0 Å². The highest BCUT2D eigenvalue weighted by Crippen LogP contribution is 2.23. The van der Waals surface area contributed by atoms with E-state index in [1.807, 2.05) is 4.68 Å². The quantitative estimate of drug-likeness (QED) is 0.824. The molecule has 0 radical (unpaired) electrons. The number of piperidine rings is 1. The summed E-state index contributed by atoms with van der Waals surface area (Å²) in [5.41, 5.74) is 6.63. The second kappa shape index (κ2) is 6.17. The number of rotatable bonds is 1.